The van der Waals surface area contributed by atoms with E-state index in [-0.39, 0.29) is 5.91 Å². The lowest BCUT2D eigenvalue weighted by Crippen LogP contribution is -2.28. The van der Waals surface area contributed by atoms with Gasteiger partial charge in [-0.25, -0.2) is 9.67 Å². The number of nitrogens with one attached hydrogen (secondary N) is 2. The van der Waals surface area contributed by atoms with Gasteiger partial charge in [-0.3, -0.25) is 4.79 Å². The first-order valence-electron chi connectivity index (χ1n) is 7.39. The summed E-state index contributed by atoms with van der Waals surface area (Å²) >= 11 is 0. The van der Waals surface area contributed by atoms with Crippen LogP contribution in [0.1, 0.15) is 22.0 Å². The number of carbonyl (C=O) groups is 1. The molecule has 0 saturated heterocycles. The van der Waals surface area contributed by atoms with Crippen LogP contribution in [0.3, 0.4) is 0 Å². The normalized spacial score (nSPS) is 10.7. The number of aromatic nitrogens is 5. The lowest BCUT2D eigenvalue weighted by molar-refractivity contribution is 0.0945. The van der Waals surface area contributed by atoms with Gasteiger partial charge in [0, 0.05) is 37.5 Å². The number of carbonyl (C=O) groups excluding carboxylic acids is 1. The van der Waals surface area contributed by atoms with Gasteiger partial charge in [-0.2, -0.15) is 0 Å². The van der Waals surface area contributed by atoms with E-state index < -0.39 is 0 Å². The van der Waals surface area contributed by atoms with Gasteiger partial charge in [-0.05, 0) is 6.92 Å². The number of aromatic amines is 1. The number of rotatable bonds is 5. The smallest absolute Gasteiger partial charge is 0.271 e. The Morgan fingerprint density at radius 3 is 2.78 bits per heavy atom. The highest BCUT2D eigenvalue weighted by atomic mass is 16.2. The van der Waals surface area contributed by atoms with Gasteiger partial charge in [0.1, 0.15) is 11.5 Å². The van der Waals surface area contributed by atoms with Crippen LogP contribution in [0.5, 0.6) is 0 Å². The van der Waals surface area contributed by atoms with E-state index in [9.17, 15) is 4.79 Å². The number of hydrogen-bond donors (Lipinski definition) is 2. The van der Waals surface area contributed by atoms with Crippen molar-refractivity contribution in [2.45, 2.75) is 13.3 Å². The van der Waals surface area contributed by atoms with Crippen molar-refractivity contribution in [3.05, 3.63) is 53.7 Å². The van der Waals surface area contributed by atoms with Crippen molar-refractivity contribution in [1.29, 1.82) is 0 Å². The average molecular weight is 310 g/mol. The fourth-order valence-corrected chi connectivity index (χ4v) is 2.40. The molecule has 3 rings (SSSR count). The SMILES string of the molecule is Cc1ncc(CCNC(=O)c2c(-c3ccccc3)nnn2C)[nH]1. The van der Waals surface area contributed by atoms with Gasteiger partial charge in [-0.15, -0.1) is 5.10 Å². The van der Waals surface area contributed by atoms with E-state index in [2.05, 4.69) is 25.6 Å². The predicted molar refractivity (Wildman–Crippen MR) is 85.8 cm³/mol. The monoisotopic (exact) mass is 310 g/mol. The number of hydrogen-bond acceptors (Lipinski definition) is 4. The zero-order valence-electron chi connectivity index (χ0n) is 13.1. The van der Waals surface area contributed by atoms with E-state index in [1.807, 2.05) is 37.3 Å². The second-order valence-corrected chi connectivity index (χ2v) is 5.28. The average Bonchev–Trinajstić information content (AvgIpc) is 3.14. The first kappa shape index (κ1) is 15.0. The van der Waals surface area contributed by atoms with Crippen LogP contribution in [-0.2, 0) is 13.5 Å². The number of benzene rings is 1. The molecule has 7 heteroatoms. The Bertz CT molecular complexity index is 805. The Morgan fingerprint density at radius 1 is 1.30 bits per heavy atom. The van der Waals surface area contributed by atoms with Crippen molar-refractivity contribution in [3.63, 3.8) is 0 Å². The lowest BCUT2D eigenvalue weighted by Gasteiger charge is -2.06. The maximum atomic E-state index is 12.5. The number of nitrogens with zero attached hydrogens (tertiary/aromatic N) is 4. The summed E-state index contributed by atoms with van der Waals surface area (Å²) in [5.41, 5.74) is 2.91. The molecule has 23 heavy (non-hydrogen) atoms. The minimum Gasteiger partial charge on any atom is -0.350 e. The molecule has 1 aromatic carbocycles. The van der Waals surface area contributed by atoms with E-state index in [1.54, 1.807) is 13.2 Å². The molecule has 3 aromatic rings. The molecule has 2 heterocycles. The zero-order chi connectivity index (χ0) is 16.2. The predicted octanol–water partition coefficient (Wildman–Crippen LogP) is 1.49. The van der Waals surface area contributed by atoms with Gasteiger partial charge in [0.15, 0.2) is 5.69 Å². The summed E-state index contributed by atoms with van der Waals surface area (Å²) in [5.74, 6) is 0.682. The van der Waals surface area contributed by atoms with Crippen LogP contribution in [0.25, 0.3) is 11.3 Å². The highest BCUT2D eigenvalue weighted by molar-refractivity contribution is 5.98. The molecule has 0 aliphatic carbocycles. The second kappa shape index (κ2) is 6.43. The van der Waals surface area contributed by atoms with Crippen molar-refractivity contribution in [3.8, 4) is 11.3 Å². The van der Waals surface area contributed by atoms with Crippen LogP contribution >= 0.6 is 0 Å². The van der Waals surface area contributed by atoms with Crippen LogP contribution in [0.15, 0.2) is 36.5 Å². The van der Waals surface area contributed by atoms with Gasteiger partial charge in [0.05, 0.1) is 0 Å². The molecule has 118 valence electrons. The quantitative estimate of drug-likeness (QED) is 0.747. The van der Waals surface area contributed by atoms with Crippen molar-refractivity contribution >= 4 is 5.91 Å². The Morgan fingerprint density at radius 2 is 2.09 bits per heavy atom. The molecule has 0 atom stereocenters. The molecule has 2 aromatic heterocycles. The van der Waals surface area contributed by atoms with Crippen molar-refractivity contribution in [2.75, 3.05) is 6.54 Å². The number of amides is 1. The van der Waals surface area contributed by atoms with Crippen molar-refractivity contribution in [1.82, 2.24) is 30.3 Å². The van der Waals surface area contributed by atoms with Crippen LogP contribution in [0.2, 0.25) is 0 Å². The van der Waals surface area contributed by atoms with Crippen molar-refractivity contribution in [2.24, 2.45) is 7.05 Å². The van der Waals surface area contributed by atoms with Gasteiger partial charge >= 0.3 is 0 Å². The summed E-state index contributed by atoms with van der Waals surface area (Å²) in [7, 11) is 1.71. The van der Waals surface area contributed by atoms with Gasteiger partial charge in [0.2, 0.25) is 0 Å². The van der Waals surface area contributed by atoms with Crippen LogP contribution in [0.4, 0.5) is 0 Å². The summed E-state index contributed by atoms with van der Waals surface area (Å²) in [5, 5.41) is 11.0. The summed E-state index contributed by atoms with van der Waals surface area (Å²) in [6.45, 7) is 2.41. The third-order valence-corrected chi connectivity index (χ3v) is 3.52. The first-order valence-corrected chi connectivity index (χ1v) is 7.39. The Balaban J connectivity index is 1.71. The minimum absolute atomic E-state index is 0.187. The largest absolute Gasteiger partial charge is 0.350 e. The topological polar surface area (TPSA) is 88.5 Å². The number of aryl methyl sites for hydroxylation is 2. The molecule has 2 N–H and O–H groups in total. The fraction of sp³-hybridized carbons (Fsp3) is 0.250. The first-order chi connectivity index (χ1) is 11.1. The highest BCUT2D eigenvalue weighted by Crippen LogP contribution is 2.20. The van der Waals surface area contributed by atoms with E-state index in [1.165, 1.54) is 4.68 Å². The number of H-pyrrole nitrogens is 1. The zero-order valence-corrected chi connectivity index (χ0v) is 13.1. The van der Waals surface area contributed by atoms with Crippen LogP contribution < -0.4 is 5.32 Å². The minimum atomic E-state index is -0.187. The molecule has 0 bridgehead atoms. The summed E-state index contributed by atoms with van der Waals surface area (Å²) < 4.78 is 1.50. The Hall–Kier alpha value is -2.96. The molecule has 7 nitrogen and oxygen atoms in total. The van der Waals surface area contributed by atoms with Gasteiger partial charge < -0.3 is 10.3 Å². The third-order valence-electron chi connectivity index (χ3n) is 3.52. The molecule has 0 unspecified atom stereocenters. The molecule has 0 saturated carbocycles. The maximum absolute atomic E-state index is 12.5. The molecular formula is C16H18N6O. The van der Waals surface area contributed by atoms with Crippen LogP contribution in [-0.4, -0.2) is 37.4 Å². The summed E-state index contributed by atoms with van der Waals surface area (Å²) in [6, 6.07) is 9.56. The highest BCUT2D eigenvalue weighted by Gasteiger charge is 2.19. The van der Waals surface area contributed by atoms with Gasteiger partial charge in [-0.1, -0.05) is 35.5 Å². The van der Waals surface area contributed by atoms with E-state index in [0.717, 1.165) is 17.1 Å². The molecule has 0 aliphatic rings. The van der Waals surface area contributed by atoms with Gasteiger partial charge in [0.25, 0.3) is 5.91 Å². The molecular weight excluding hydrogens is 292 g/mol. The van der Waals surface area contributed by atoms with Crippen LogP contribution in [0, 0.1) is 6.92 Å². The van der Waals surface area contributed by atoms with E-state index in [0.29, 0.717) is 24.4 Å². The maximum Gasteiger partial charge on any atom is 0.271 e. The molecule has 0 fully saturated rings. The van der Waals surface area contributed by atoms with E-state index in [4.69, 9.17) is 0 Å². The second-order valence-electron chi connectivity index (χ2n) is 5.28. The molecule has 0 aliphatic heterocycles. The third kappa shape index (κ3) is 3.28. The summed E-state index contributed by atoms with van der Waals surface area (Å²) in [6.07, 6.45) is 2.47. The number of imidazole rings is 1. The van der Waals surface area contributed by atoms with Crippen molar-refractivity contribution < 1.29 is 4.79 Å². The Kier molecular flexibility index (Phi) is 4.18. The standard InChI is InChI=1S/C16H18N6O/c1-11-18-10-13(19-11)8-9-17-16(23)15-14(20-21-22(15)2)12-6-4-3-5-7-12/h3-7,10H,8-9H2,1-2H3,(H,17,23)(H,18,19). The molecule has 1 amide bonds. The fourth-order valence-electron chi connectivity index (χ4n) is 2.40. The Labute approximate surface area is 133 Å². The summed E-state index contributed by atoms with van der Waals surface area (Å²) in [4.78, 5) is 19.8. The molecule has 0 radical (unpaired) electrons. The van der Waals surface area contributed by atoms with E-state index >= 15 is 0 Å². The lowest BCUT2D eigenvalue weighted by atomic mass is 10.1. The molecule has 0 spiro atoms.